The van der Waals surface area contributed by atoms with Crippen LogP contribution in [0.2, 0.25) is 0 Å². The molecular formula is C16H27N. The maximum atomic E-state index is 3.81. The first-order valence-electron chi connectivity index (χ1n) is 7.56. The van der Waals surface area contributed by atoms with Gasteiger partial charge in [0.2, 0.25) is 0 Å². The minimum atomic E-state index is 0.663. The van der Waals surface area contributed by atoms with Crippen molar-refractivity contribution in [3.05, 3.63) is 12.7 Å². The van der Waals surface area contributed by atoms with Gasteiger partial charge in [-0.25, -0.2) is 0 Å². The van der Waals surface area contributed by atoms with E-state index in [9.17, 15) is 0 Å². The topological polar surface area (TPSA) is 12.0 Å². The molecule has 4 rings (SSSR count). The summed E-state index contributed by atoms with van der Waals surface area (Å²) < 4.78 is 0. The van der Waals surface area contributed by atoms with Crippen LogP contribution in [0.4, 0.5) is 0 Å². The zero-order valence-electron chi connectivity index (χ0n) is 11.3. The molecule has 4 aliphatic carbocycles. The molecule has 96 valence electrons. The fourth-order valence-corrected chi connectivity index (χ4v) is 5.33. The summed E-state index contributed by atoms with van der Waals surface area (Å²) in [6.45, 7) is 7.37. The van der Waals surface area contributed by atoms with Gasteiger partial charge in [0.15, 0.2) is 0 Å². The van der Waals surface area contributed by atoms with Crippen LogP contribution in [0.15, 0.2) is 12.7 Å². The number of nitrogens with one attached hydrogen (secondary N) is 1. The second-order valence-electron chi connectivity index (χ2n) is 7.03. The van der Waals surface area contributed by atoms with Crippen LogP contribution < -0.4 is 5.32 Å². The van der Waals surface area contributed by atoms with Crippen LogP contribution in [0.5, 0.6) is 0 Å². The van der Waals surface area contributed by atoms with Crippen molar-refractivity contribution in [2.45, 2.75) is 57.9 Å². The zero-order chi connectivity index (χ0) is 11.9. The van der Waals surface area contributed by atoms with E-state index >= 15 is 0 Å². The van der Waals surface area contributed by atoms with Gasteiger partial charge in [0, 0.05) is 6.04 Å². The van der Waals surface area contributed by atoms with Crippen LogP contribution in [0.1, 0.15) is 51.9 Å². The van der Waals surface area contributed by atoms with Gasteiger partial charge in [-0.05, 0) is 81.6 Å². The SMILES string of the molecule is C=CCCNC(C)C12CC3CC(CC(C3)C1)C2. The zero-order valence-corrected chi connectivity index (χ0v) is 11.3. The third-order valence-corrected chi connectivity index (χ3v) is 5.80. The summed E-state index contributed by atoms with van der Waals surface area (Å²) >= 11 is 0. The molecule has 1 unspecified atom stereocenters. The Bertz CT molecular complexity index is 259. The smallest absolute Gasteiger partial charge is 0.00956 e. The van der Waals surface area contributed by atoms with Crippen LogP contribution >= 0.6 is 0 Å². The van der Waals surface area contributed by atoms with E-state index in [0.29, 0.717) is 5.41 Å². The normalized spacial score (nSPS) is 44.9. The third kappa shape index (κ3) is 2.07. The molecule has 0 aromatic rings. The van der Waals surface area contributed by atoms with Crippen molar-refractivity contribution < 1.29 is 0 Å². The van der Waals surface area contributed by atoms with Gasteiger partial charge in [-0.15, -0.1) is 6.58 Å². The average molecular weight is 233 g/mol. The predicted octanol–water partition coefficient (Wildman–Crippen LogP) is 3.76. The molecule has 17 heavy (non-hydrogen) atoms. The number of hydrogen-bond acceptors (Lipinski definition) is 1. The van der Waals surface area contributed by atoms with Gasteiger partial charge in [-0.3, -0.25) is 0 Å². The van der Waals surface area contributed by atoms with Crippen molar-refractivity contribution >= 4 is 0 Å². The Labute approximate surface area is 106 Å². The van der Waals surface area contributed by atoms with Crippen LogP contribution in [-0.4, -0.2) is 12.6 Å². The highest BCUT2D eigenvalue weighted by Gasteiger charge is 2.52. The fraction of sp³-hybridized carbons (Fsp3) is 0.875. The molecule has 0 aromatic heterocycles. The van der Waals surface area contributed by atoms with Crippen LogP contribution in [0.25, 0.3) is 0 Å². The van der Waals surface area contributed by atoms with Gasteiger partial charge in [-0.1, -0.05) is 6.08 Å². The van der Waals surface area contributed by atoms with Gasteiger partial charge in [0.1, 0.15) is 0 Å². The van der Waals surface area contributed by atoms with E-state index < -0.39 is 0 Å². The molecule has 0 radical (unpaired) electrons. The Kier molecular flexibility index (Phi) is 3.06. The standard InChI is InChI=1S/C16H27N/c1-3-4-5-17-12(2)16-9-13-6-14(10-16)8-15(7-13)11-16/h3,12-15,17H,1,4-11H2,2H3. The Morgan fingerprint density at radius 1 is 1.18 bits per heavy atom. The first kappa shape index (κ1) is 11.8. The summed E-state index contributed by atoms with van der Waals surface area (Å²) in [5.74, 6) is 3.22. The summed E-state index contributed by atoms with van der Waals surface area (Å²) in [6.07, 6.45) is 12.3. The van der Waals surface area contributed by atoms with E-state index in [1.807, 2.05) is 6.08 Å². The Morgan fingerprint density at radius 3 is 2.18 bits per heavy atom. The van der Waals surface area contributed by atoms with E-state index in [-0.39, 0.29) is 0 Å². The number of rotatable bonds is 5. The highest BCUT2D eigenvalue weighted by Crippen LogP contribution is 2.61. The molecule has 0 aromatic carbocycles. The lowest BCUT2D eigenvalue weighted by Crippen LogP contribution is -2.54. The maximum Gasteiger partial charge on any atom is 0.00956 e. The first-order valence-corrected chi connectivity index (χ1v) is 7.56. The fourth-order valence-electron chi connectivity index (χ4n) is 5.33. The van der Waals surface area contributed by atoms with E-state index in [2.05, 4.69) is 18.8 Å². The lowest BCUT2D eigenvalue weighted by Gasteiger charge is -2.59. The van der Waals surface area contributed by atoms with Crippen molar-refractivity contribution in [2.75, 3.05) is 6.54 Å². The first-order chi connectivity index (χ1) is 8.22. The lowest BCUT2D eigenvalue weighted by atomic mass is 9.48. The highest BCUT2D eigenvalue weighted by atomic mass is 14.9. The maximum absolute atomic E-state index is 3.81. The van der Waals surface area contributed by atoms with E-state index in [4.69, 9.17) is 0 Å². The summed E-state index contributed by atoms with van der Waals surface area (Å²) in [5.41, 5.74) is 0.663. The molecule has 1 heteroatoms. The Hall–Kier alpha value is -0.300. The Morgan fingerprint density at radius 2 is 1.71 bits per heavy atom. The van der Waals surface area contributed by atoms with Crippen molar-refractivity contribution in [3.63, 3.8) is 0 Å². The van der Waals surface area contributed by atoms with Gasteiger partial charge in [-0.2, -0.15) is 0 Å². The van der Waals surface area contributed by atoms with Gasteiger partial charge in [0.05, 0.1) is 0 Å². The monoisotopic (exact) mass is 233 g/mol. The van der Waals surface area contributed by atoms with Crippen molar-refractivity contribution in [3.8, 4) is 0 Å². The molecule has 0 heterocycles. The van der Waals surface area contributed by atoms with E-state index in [1.165, 1.54) is 19.3 Å². The second-order valence-corrected chi connectivity index (χ2v) is 7.03. The molecular weight excluding hydrogens is 206 g/mol. The molecule has 4 fully saturated rings. The predicted molar refractivity (Wildman–Crippen MR) is 72.9 cm³/mol. The third-order valence-electron chi connectivity index (χ3n) is 5.80. The van der Waals surface area contributed by atoms with Crippen molar-refractivity contribution in [1.82, 2.24) is 5.32 Å². The van der Waals surface area contributed by atoms with E-state index in [0.717, 1.165) is 36.8 Å². The van der Waals surface area contributed by atoms with Gasteiger partial charge in [0.25, 0.3) is 0 Å². The summed E-state index contributed by atoms with van der Waals surface area (Å²) in [7, 11) is 0. The number of hydrogen-bond donors (Lipinski definition) is 1. The van der Waals surface area contributed by atoms with Crippen LogP contribution in [-0.2, 0) is 0 Å². The van der Waals surface area contributed by atoms with Crippen molar-refractivity contribution in [2.24, 2.45) is 23.2 Å². The molecule has 0 aliphatic heterocycles. The molecule has 0 saturated heterocycles. The largest absolute Gasteiger partial charge is 0.313 e. The van der Waals surface area contributed by atoms with Crippen molar-refractivity contribution in [1.29, 1.82) is 0 Å². The lowest BCUT2D eigenvalue weighted by molar-refractivity contribution is -0.0702. The summed E-state index contributed by atoms with van der Waals surface area (Å²) in [5, 5.41) is 3.77. The van der Waals surface area contributed by atoms with Gasteiger partial charge >= 0.3 is 0 Å². The minimum Gasteiger partial charge on any atom is -0.313 e. The highest BCUT2D eigenvalue weighted by molar-refractivity contribution is 5.05. The molecule has 4 aliphatic rings. The van der Waals surface area contributed by atoms with Crippen LogP contribution in [0.3, 0.4) is 0 Å². The van der Waals surface area contributed by atoms with Crippen LogP contribution in [0, 0.1) is 23.2 Å². The second kappa shape index (κ2) is 4.42. The summed E-state index contributed by atoms with van der Waals surface area (Å²) in [6, 6.07) is 0.718. The van der Waals surface area contributed by atoms with E-state index in [1.54, 1.807) is 19.3 Å². The quantitative estimate of drug-likeness (QED) is 0.563. The molecule has 1 nitrogen and oxygen atoms in total. The molecule has 1 atom stereocenters. The van der Waals surface area contributed by atoms with Gasteiger partial charge < -0.3 is 5.32 Å². The summed E-state index contributed by atoms with van der Waals surface area (Å²) in [4.78, 5) is 0. The Balaban J connectivity index is 1.66. The molecule has 1 N–H and O–H groups in total. The molecule has 4 saturated carbocycles. The molecule has 4 bridgehead atoms. The molecule has 0 amide bonds. The minimum absolute atomic E-state index is 0.663. The average Bonchev–Trinajstić information content (AvgIpc) is 2.27. The molecule has 0 spiro atoms.